The lowest BCUT2D eigenvalue weighted by molar-refractivity contribution is -0.135. The third-order valence-corrected chi connectivity index (χ3v) is 7.89. The van der Waals surface area contributed by atoms with E-state index in [4.69, 9.17) is 4.74 Å². The quantitative estimate of drug-likeness (QED) is 0.357. The van der Waals surface area contributed by atoms with Crippen molar-refractivity contribution in [1.29, 1.82) is 0 Å². The topological polar surface area (TPSA) is 55.4 Å². The molecule has 26 heavy (non-hydrogen) atoms. The largest absolute Gasteiger partial charge is 0.460 e. The molecule has 3 rings (SSSR count). The second-order valence-electron chi connectivity index (χ2n) is 9.47. The molecule has 2 saturated carbocycles. The molecule has 4 nitrogen and oxygen atoms in total. The van der Waals surface area contributed by atoms with Crippen LogP contribution in [0.4, 0.5) is 0 Å². The maximum Gasteiger partial charge on any atom is 0.336 e. The number of ether oxygens (including phenoxy) is 1. The molecule has 0 radical (unpaired) electrons. The molecule has 5 atom stereocenters. The average molecular weight is 360 g/mol. The Morgan fingerprint density at radius 3 is 2.73 bits per heavy atom. The van der Waals surface area contributed by atoms with Crippen molar-refractivity contribution in [2.24, 2.45) is 28.6 Å². The number of hydrogen-bond donors (Lipinski definition) is 1. The molecule has 1 N–H and O–H groups in total. The fourth-order valence-electron chi connectivity index (χ4n) is 5.71. The number of hydrogen-bond acceptors (Lipinski definition) is 3. The highest BCUT2D eigenvalue weighted by atomic mass is 16.5. The van der Waals surface area contributed by atoms with Crippen LogP contribution >= 0.6 is 0 Å². The molecule has 2 aliphatic carbocycles. The molecule has 1 saturated heterocycles. The number of carbonyl (C=O) groups is 2. The number of amides is 1. The van der Waals surface area contributed by atoms with E-state index < -0.39 is 0 Å². The van der Waals surface area contributed by atoms with Crippen LogP contribution < -0.4 is 5.32 Å². The van der Waals surface area contributed by atoms with Crippen molar-refractivity contribution in [3.05, 3.63) is 23.8 Å². The summed E-state index contributed by atoms with van der Waals surface area (Å²) in [6, 6.07) is -0.315. The van der Waals surface area contributed by atoms with Crippen LogP contribution in [0.15, 0.2) is 23.8 Å². The minimum absolute atomic E-state index is 0.234. The van der Waals surface area contributed by atoms with Crippen LogP contribution in [0.3, 0.4) is 0 Å². The van der Waals surface area contributed by atoms with Crippen LogP contribution in [0.1, 0.15) is 59.8 Å². The fraction of sp³-hybridized carbons (Fsp3) is 0.727. The lowest BCUT2D eigenvalue weighted by Gasteiger charge is -2.58. The van der Waals surface area contributed by atoms with E-state index in [1.807, 2.05) is 6.08 Å². The number of rotatable bonds is 4. The van der Waals surface area contributed by atoms with Gasteiger partial charge in [0.15, 0.2) is 0 Å². The van der Waals surface area contributed by atoms with Gasteiger partial charge in [-0.05, 0) is 60.7 Å². The Morgan fingerprint density at radius 2 is 2.04 bits per heavy atom. The second kappa shape index (κ2) is 6.86. The standard InChI is InChI=1S/C22H33NO3/c1-14-6-8-18-15(2)21(3,4)10-11-22(18,5)17(14)9-7-16-19(23-13-24)12-26-20(16)25/h7,13,15,17-19H,1,6,8-12H2,2-5H3,(H,23,24)/b16-7+/t15-,17-,18-,19?,22+/m1/s1. The maximum absolute atomic E-state index is 12.0. The summed E-state index contributed by atoms with van der Waals surface area (Å²) in [5, 5.41) is 2.69. The number of carbonyl (C=O) groups excluding carboxylic acids is 2. The van der Waals surface area contributed by atoms with Crippen LogP contribution in [-0.2, 0) is 14.3 Å². The molecule has 1 heterocycles. The zero-order valence-corrected chi connectivity index (χ0v) is 16.6. The van der Waals surface area contributed by atoms with Gasteiger partial charge >= 0.3 is 5.97 Å². The highest BCUT2D eigenvalue weighted by molar-refractivity contribution is 5.92. The number of fused-ring (bicyclic) bond motifs is 1. The molecule has 1 amide bonds. The minimum Gasteiger partial charge on any atom is -0.460 e. The van der Waals surface area contributed by atoms with E-state index in [0.717, 1.165) is 12.8 Å². The minimum atomic E-state index is -0.315. The van der Waals surface area contributed by atoms with Gasteiger partial charge < -0.3 is 10.1 Å². The number of allylic oxidation sites excluding steroid dienone is 2. The number of cyclic esters (lactones) is 1. The molecule has 1 unspecified atom stereocenters. The molecule has 0 aromatic carbocycles. The number of esters is 1. The van der Waals surface area contributed by atoms with Crippen molar-refractivity contribution in [2.45, 2.75) is 65.8 Å². The summed E-state index contributed by atoms with van der Waals surface area (Å²) < 4.78 is 5.12. The lowest BCUT2D eigenvalue weighted by atomic mass is 9.46. The molecule has 3 fully saturated rings. The lowest BCUT2D eigenvalue weighted by Crippen LogP contribution is -2.50. The molecule has 144 valence electrons. The SMILES string of the molecule is C=C1CC[C@@H]2[C@@H](C)C(C)(C)CC[C@@]2(C)[C@@H]1C/C=C1/C(=O)OCC1NC=O. The summed E-state index contributed by atoms with van der Waals surface area (Å²) in [5.74, 6) is 1.47. The third-order valence-electron chi connectivity index (χ3n) is 7.89. The Labute approximate surface area is 157 Å². The Bertz CT molecular complexity index is 635. The van der Waals surface area contributed by atoms with E-state index in [1.165, 1.54) is 24.8 Å². The van der Waals surface area contributed by atoms with Gasteiger partial charge in [0.2, 0.25) is 6.41 Å². The monoisotopic (exact) mass is 359 g/mol. The van der Waals surface area contributed by atoms with E-state index in [1.54, 1.807) is 0 Å². The van der Waals surface area contributed by atoms with Crippen molar-refractivity contribution in [3.8, 4) is 0 Å². The summed E-state index contributed by atoms with van der Waals surface area (Å²) in [6.45, 7) is 14.3. The highest BCUT2D eigenvalue weighted by Crippen LogP contribution is 2.61. The first-order valence-electron chi connectivity index (χ1n) is 9.95. The molecule has 0 spiro atoms. The predicted octanol–water partition coefficient (Wildman–Crippen LogP) is 4.02. The zero-order valence-electron chi connectivity index (χ0n) is 16.6. The first kappa shape index (κ1) is 19.2. The van der Waals surface area contributed by atoms with E-state index in [9.17, 15) is 9.59 Å². The Hall–Kier alpha value is -1.58. The Balaban J connectivity index is 1.84. The van der Waals surface area contributed by atoms with Crippen LogP contribution in [-0.4, -0.2) is 25.0 Å². The first-order chi connectivity index (χ1) is 12.2. The zero-order chi connectivity index (χ0) is 19.1. The van der Waals surface area contributed by atoms with Gasteiger partial charge in [-0.25, -0.2) is 4.79 Å². The van der Waals surface area contributed by atoms with Gasteiger partial charge in [0, 0.05) is 0 Å². The Morgan fingerprint density at radius 1 is 1.31 bits per heavy atom. The van der Waals surface area contributed by atoms with E-state index in [2.05, 4.69) is 39.6 Å². The summed E-state index contributed by atoms with van der Waals surface area (Å²) >= 11 is 0. The Kier molecular flexibility index (Phi) is 5.06. The fourth-order valence-corrected chi connectivity index (χ4v) is 5.71. The highest BCUT2D eigenvalue weighted by Gasteiger charge is 2.53. The molecule has 3 aliphatic rings. The molecule has 0 aromatic heterocycles. The summed E-state index contributed by atoms with van der Waals surface area (Å²) in [6.07, 6.45) is 8.20. The third kappa shape index (κ3) is 3.12. The summed E-state index contributed by atoms with van der Waals surface area (Å²) in [4.78, 5) is 22.8. The molecule has 4 heteroatoms. The van der Waals surface area contributed by atoms with Gasteiger partial charge in [0.25, 0.3) is 0 Å². The van der Waals surface area contributed by atoms with Gasteiger partial charge in [-0.15, -0.1) is 0 Å². The molecular weight excluding hydrogens is 326 g/mol. The summed E-state index contributed by atoms with van der Waals surface area (Å²) in [5.41, 5.74) is 2.54. The van der Waals surface area contributed by atoms with Gasteiger partial charge in [0.05, 0.1) is 11.6 Å². The maximum atomic E-state index is 12.0. The second-order valence-corrected chi connectivity index (χ2v) is 9.47. The van der Waals surface area contributed by atoms with Crippen LogP contribution in [0.5, 0.6) is 0 Å². The molecule has 0 aromatic rings. The molecule has 1 aliphatic heterocycles. The van der Waals surface area contributed by atoms with Crippen LogP contribution in [0, 0.1) is 28.6 Å². The van der Waals surface area contributed by atoms with Crippen molar-refractivity contribution < 1.29 is 14.3 Å². The van der Waals surface area contributed by atoms with Gasteiger partial charge in [-0.3, -0.25) is 4.79 Å². The van der Waals surface area contributed by atoms with Crippen molar-refractivity contribution in [2.75, 3.05) is 6.61 Å². The summed E-state index contributed by atoms with van der Waals surface area (Å²) in [7, 11) is 0. The predicted molar refractivity (Wildman–Crippen MR) is 102 cm³/mol. The smallest absolute Gasteiger partial charge is 0.336 e. The van der Waals surface area contributed by atoms with Gasteiger partial charge in [0.1, 0.15) is 6.61 Å². The molecular formula is C22H33NO3. The van der Waals surface area contributed by atoms with Crippen molar-refractivity contribution in [1.82, 2.24) is 5.32 Å². The van der Waals surface area contributed by atoms with Crippen LogP contribution in [0.2, 0.25) is 0 Å². The van der Waals surface area contributed by atoms with E-state index >= 15 is 0 Å². The van der Waals surface area contributed by atoms with Crippen molar-refractivity contribution >= 4 is 12.4 Å². The normalized spacial score (nSPS) is 40.8. The van der Waals surface area contributed by atoms with Gasteiger partial charge in [-0.2, -0.15) is 0 Å². The van der Waals surface area contributed by atoms with E-state index in [-0.39, 0.29) is 24.0 Å². The first-order valence-corrected chi connectivity index (χ1v) is 9.95. The van der Waals surface area contributed by atoms with E-state index in [0.29, 0.717) is 35.2 Å². The molecule has 0 bridgehead atoms. The number of nitrogens with one attached hydrogen (secondary N) is 1. The van der Waals surface area contributed by atoms with Gasteiger partial charge in [-0.1, -0.05) is 45.9 Å². The van der Waals surface area contributed by atoms with Crippen molar-refractivity contribution in [3.63, 3.8) is 0 Å². The average Bonchev–Trinajstić information content (AvgIpc) is 2.92. The van der Waals surface area contributed by atoms with Crippen LogP contribution in [0.25, 0.3) is 0 Å².